The SMILES string of the molecule is CC(C)N(Cc1cccs1)c1c(F)cc(N)cc1F. The van der Waals surface area contributed by atoms with Crippen molar-refractivity contribution in [3.63, 3.8) is 0 Å². The first-order valence-electron chi connectivity index (χ1n) is 6.02. The number of nitrogen functional groups attached to an aromatic ring is 1. The van der Waals surface area contributed by atoms with E-state index in [0.29, 0.717) is 6.54 Å². The highest BCUT2D eigenvalue weighted by atomic mass is 32.1. The van der Waals surface area contributed by atoms with Crippen LogP contribution in [-0.4, -0.2) is 6.04 Å². The highest BCUT2D eigenvalue weighted by molar-refractivity contribution is 7.09. The lowest BCUT2D eigenvalue weighted by Gasteiger charge is -2.29. The number of rotatable bonds is 4. The number of nitrogens with two attached hydrogens (primary N) is 1. The Morgan fingerprint density at radius 2 is 1.89 bits per heavy atom. The molecule has 2 nitrogen and oxygen atoms in total. The van der Waals surface area contributed by atoms with E-state index in [9.17, 15) is 8.78 Å². The predicted octanol–water partition coefficient (Wildman–Crippen LogP) is 4.02. The highest BCUT2D eigenvalue weighted by Gasteiger charge is 2.20. The molecule has 0 radical (unpaired) electrons. The van der Waals surface area contributed by atoms with Crippen LogP contribution in [0.5, 0.6) is 0 Å². The largest absolute Gasteiger partial charge is 0.399 e. The number of hydrogen-bond donors (Lipinski definition) is 1. The summed E-state index contributed by atoms with van der Waals surface area (Å²) in [6.45, 7) is 4.29. The first-order chi connectivity index (χ1) is 8.99. The normalized spacial score (nSPS) is 11.0. The second-order valence-electron chi connectivity index (χ2n) is 4.63. The molecule has 19 heavy (non-hydrogen) atoms. The van der Waals surface area contributed by atoms with Crippen molar-refractivity contribution < 1.29 is 8.78 Å². The smallest absolute Gasteiger partial charge is 0.151 e. The summed E-state index contributed by atoms with van der Waals surface area (Å²) in [6.07, 6.45) is 0. The Labute approximate surface area is 115 Å². The van der Waals surface area contributed by atoms with Crippen LogP contribution < -0.4 is 10.6 Å². The summed E-state index contributed by atoms with van der Waals surface area (Å²) < 4.78 is 28.0. The van der Waals surface area contributed by atoms with E-state index in [-0.39, 0.29) is 17.4 Å². The van der Waals surface area contributed by atoms with Gasteiger partial charge in [0.15, 0.2) is 11.6 Å². The third kappa shape index (κ3) is 3.04. The number of hydrogen-bond acceptors (Lipinski definition) is 3. The Hall–Kier alpha value is -1.62. The summed E-state index contributed by atoms with van der Waals surface area (Å²) >= 11 is 1.57. The molecule has 5 heteroatoms. The second kappa shape index (κ2) is 5.57. The van der Waals surface area contributed by atoms with E-state index in [4.69, 9.17) is 5.73 Å². The molecule has 0 bridgehead atoms. The summed E-state index contributed by atoms with van der Waals surface area (Å²) in [7, 11) is 0. The van der Waals surface area contributed by atoms with Crippen LogP contribution in [0.4, 0.5) is 20.2 Å². The molecule has 0 saturated heterocycles. The number of nitrogens with zero attached hydrogens (tertiary/aromatic N) is 1. The number of halogens is 2. The molecule has 0 amide bonds. The molecule has 0 aliphatic heterocycles. The molecule has 1 heterocycles. The minimum atomic E-state index is -0.622. The van der Waals surface area contributed by atoms with Crippen LogP contribution in [0.25, 0.3) is 0 Å². The average Bonchev–Trinajstić information content (AvgIpc) is 2.78. The van der Waals surface area contributed by atoms with Crippen LogP contribution in [0.15, 0.2) is 29.6 Å². The molecule has 0 aliphatic carbocycles. The first-order valence-corrected chi connectivity index (χ1v) is 6.90. The third-order valence-electron chi connectivity index (χ3n) is 2.86. The summed E-state index contributed by atoms with van der Waals surface area (Å²) in [5.74, 6) is -1.24. The summed E-state index contributed by atoms with van der Waals surface area (Å²) in [4.78, 5) is 2.76. The molecule has 0 fully saturated rings. The number of anilines is 2. The average molecular weight is 282 g/mol. The lowest BCUT2D eigenvalue weighted by molar-refractivity contribution is 0.556. The summed E-state index contributed by atoms with van der Waals surface area (Å²) in [5, 5.41) is 1.95. The molecular weight excluding hydrogens is 266 g/mol. The van der Waals surface area contributed by atoms with Crippen molar-refractivity contribution in [2.45, 2.75) is 26.4 Å². The lowest BCUT2D eigenvalue weighted by atomic mass is 10.2. The topological polar surface area (TPSA) is 29.3 Å². The molecule has 2 rings (SSSR count). The minimum absolute atomic E-state index is 0.0161. The molecule has 1 aromatic carbocycles. The lowest BCUT2D eigenvalue weighted by Crippen LogP contribution is -2.31. The zero-order valence-corrected chi connectivity index (χ0v) is 11.7. The molecule has 102 valence electrons. The molecule has 0 atom stereocenters. The van der Waals surface area contributed by atoms with Crippen molar-refractivity contribution in [1.29, 1.82) is 0 Å². The van der Waals surface area contributed by atoms with E-state index in [0.717, 1.165) is 17.0 Å². The quantitative estimate of drug-likeness (QED) is 0.858. The molecule has 1 aromatic heterocycles. The van der Waals surface area contributed by atoms with E-state index in [2.05, 4.69) is 0 Å². The van der Waals surface area contributed by atoms with Gasteiger partial charge < -0.3 is 10.6 Å². The van der Waals surface area contributed by atoms with E-state index in [1.54, 1.807) is 16.2 Å². The van der Waals surface area contributed by atoms with Crippen molar-refractivity contribution >= 4 is 22.7 Å². The van der Waals surface area contributed by atoms with Crippen molar-refractivity contribution in [3.8, 4) is 0 Å². The van der Waals surface area contributed by atoms with Gasteiger partial charge in [-0.1, -0.05) is 6.07 Å². The Bertz CT molecular complexity index is 530. The fourth-order valence-corrected chi connectivity index (χ4v) is 2.65. The maximum absolute atomic E-state index is 14.0. The Morgan fingerprint density at radius 1 is 1.26 bits per heavy atom. The van der Waals surface area contributed by atoms with E-state index >= 15 is 0 Å². The molecule has 2 N–H and O–H groups in total. The van der Waals surface area contributed by atoms with Crippen LogP contribution in [0.2, 0.25) is 0 Å². The van der Waals surface area contributed by atoms with Gasteiger partial charge in [-0.3, -0.25) is 0 Å². The molecule has 0 aliphatic rings. The zero-order valence-electron chi connectivity index (χ0n) is 10.9. The van der Waals surface area contributed by atoms with Gasteiger partial charge in [-0.05, 0) is 37.4 Å². The fourth-order valence-electron chi connectivity index (χ4n) is 1.95. The van der Waals surface area contributed by atoms with E-state index in [1.807, 2.05) is 31.4 Å². The molecule has 0 spiro atoms. The maximum atomic E-state index is 14.0. The van der Waals surface area contributed by atoms with Gasteiger partial charge in [-0.15, -0.1) is 11.3 Å². The van der Waals surface area contributed by atoms with Crippen LogP contribution in [0, 0.1) is 11.6 Å². The van der Waals surface area contributed by atoms with E-state index in [1.165, 1.54) is 0 Å². The second-order valence-corrected chi connectivity index (χ2v) is 5.67. The van der Waals surface area contributed by atoms with Gasteiger partial charge in [-0.25, -0.2) is 8.78 Å². The fraction of sp³-hybridized carbons (Fsp3) is 0.286. The Morgan fingerprint density at radius 3 is 2.37 bits per heavy atom. The molecule has 0 unspecified atom stereocenters. The van der Waals surface area contributed by atoms with Gasteiger partial charge in [0.1, 0.15) is 5.69 Å². The first kappa shape index (κ1) is 13.8. The van der Waals surface area contributed by atoms with Crippen molar-refractivity contribution in [3.05, 3.63) is 46.2 Å². The molecule has 2 aromatic rings. The van der Waals surface area contributed by atoms with Crippen molar-refractivity contribution in [2.24, 2.45) is 0 Å². The third-order valence-corrected chi connectivity index (χ3v) is 3.72. The van der Waals surface area contributed by atoms with Gasteiger partial charge in [-0.2, -0.15) is 0 Å². The maximum Gasteiger partial charge on any atom is 0.151 e. The van der Waals surface area contributed by atoms with E-state index < -0.39 is 11.6 Å². The minimum Gasteiger partial charge on any atom is -0.399 e. The molecule has 0 saturated carbocycles. The van der Waals surface area contributed by atoms with Gasteiger partial charge in [0, 0.05) is 16.6 Å². The van der Waals surface area contributed by atoms with Crippen molar-refractivity contribution in [1.82, 2.24) is 0 Å². The number of thiophene rings is 1. The standard InChI is InChI=1S/C14H16F2N2S/c1-9(2)18(8-11-4-3-5-19-11)14-12(15)6-10(17)7-13(14)16/h3-7,9H,8,17H2,1-2H3. The van der Waals surface area contributed by atoms with Crippen molar-refractivity contribution in [2.75, 3.05) is 10.6 Å². The highest BCUT2D eigenvalue weighted by Crippen LogP contribution is 2.29. The molecular formula is C14H16F2N2S. The zero-order chi connectivity index (χ0) is 14.0. The monoisotopic (exact) mass is 282 g/mol. The van der Waals surface area contributed by atoms with Crippen LogP contribution >= 0.6 is 11.3 Å². The number of benzene rings is 1. The van der Waals surface area contributed by atoms with Gasteiger partial charge in [0.05, 0.1) is 6.54 Å². The van der Waals surface area contributed by atoms with Gasteiger partial charge >= 0.3 is 0 Å². The van der Waals surface area contributed by atoms with Gasteiger partial charge in [0.25, 0.3) is 0 Å². The van der Waals surface area contributed by atoms with Crippen LogP contribution in [-0.2, 0) is 6.54 Å². The summed E-state index contributed by atoms with van der Waals surface area (Å²) in [5.41, 5.74) is 5.52. The van der Waals surface area contributed by atoms with Crippen LogP contribution in [0.3, 0.4) is 0 Å². The van der Waals surface area contributed by atoms with Crippen LogP contribution in [0.1, 0.15) is 18.7 Å². The van der Waals surface area contributed by atoms with Gasteiger partial charge in [0.2, 0.25) is 0 Å². The summed E-state index contributed by atoms with van der Waals surface area (Å²) in [6, 6.07) is 6.17. The Kier molecular flexibility index (Phi) is 4.04. The Balaban J connectivity index is 2.39. The predicted molar refractivity (Wildman–Crippen MR) is 76.4 cm³/mol.